The molecule has 0 radical (unpaired) electrons. The fourth-order valence-electron chi connectivity index (χ4n) is 3.71. The number of anilines is 2. The Kier molecular flexibility index (Phi) is 6.18. The van der Waals surface area contributed by atoms with Crippen molar-refractivity contribution in [1.82, 2.24) is 4.31 Å². The largest absolute Gasteiger partial charge is 0.310 e. The number of nitrogens with zero attached hydrogens (tertiary/aromatic N) is 3. The summed E-state index contributed by atoms with van der Waals surface area (Å²) in [4.78, 5) is 14.8. The first-order chi connectivity index (χ1) is 14.3. The minimum atomic E-state index is -3.69. The average Bonchev–Trinajstić information content (AvgIpc) is 3.07. The summed E-state index contributed by atoms with van der Waals surface area (Å²) in [6.07, 6.45) is 1.58. The van der Waals surface area contributed by atoms with Crippen molar-refractivity contribution in [3.8, 4) is 0 Å². The number of amides is 1. The van der Waals surface area contributed by atoms with Crippen LogP contribution in [0.25, 0.3) is 0 Å². The highest BCUT2D eigenvalue weighted by Gasteiger charge is 2.30. The standard InChI is InChI=1S/C21H27N3O5S2/c1-15-10-16(2)12-18(11-15)24(30(5,26)27)14-21(25)23-9-8-17-13-19(6-7-20(17)23)31(28,29)22(3)4/h6-7,10-13H,8-9,14H2,1-5H3. The van der Waals surface area contributed by atoms with Crippen LogP contribution in [0.4, 0.5) is 11.4 Å². The molecule has 0 bridgehead atoms. The molecule has 31 heavy (non-hydrogen) atoms. The zero-order valence-electron chi connectivity index (χ0n) is 18.3. The molecule has 168 valence electrons. The van der Waals surface area contributed by atoms with Gasteiger partial charge in [-0.1, -0.05) is 6.07 Å². The second-order valence-electron chi connectivity index (χ2n) is 7.99. The van der Waals surface area contributed by atoms with E-state index in [0.29, 0.717) is 24.3 Å². The smallest absolute Gasteiger partial charge is 0.247 e. The van der Waals surface area contributed by atoms with E-state index in [2.05, 4.69) is 0 Å². The lowest BCUT2D eigenvalue weighted by atomic mass is 10.1. The molecule has 0 saturated heterocycles. The summed E-state index contributed by atoms with van der Waals surface area (Å²) in [5.41, 5.74) is 3.60. The van der Waals surface area contributed by atoms with E-state index in [1.807, 2.05) is 19.9 Å². The number of fused-ring (bicyclic) bond motifs is 1. The third-order valence-corrected chi connectivity index (χ3v) is 8.15. The maximum absolute atomic E-state index is 13.1. The van der Waals surface area contributed by atoms with Gasteiger partial charge in [0.1, 0.15) is 6.54 Å². The van der Waals surface area contributed by atoms with Gasteiger partial charge in [0, 0.05) is 26.3 Å². The third kappa shape index (κ3) is 4.76. The molecule has 0 aliphatic carbocycles. The normalized spacial score (nSPS) is 14.1. The van der Waals surface area contributed by atoms with E-state index in [1.165, 1.54) is 25.1 Å². The van der Waals surface area contributed by atoms with Crippen LogP contribution in [0.5, 0.6) is 0 Å². The Morgan fingerprint density at radius 1 is 1.00 bits per heavy atom. The number of aryl methyl sites for hydroxylation is 2. The fraction of sp³-hybridized carbons (Fsp3) is 0.381. The van der Waals surface area contributed by atoms with Crippen LogP contribution >= 0.6 is 0 Å². The molecule has 0 unspecified atom stereocenters. The molecule has 10 heteroatoms. The number of rotatable bonds is 6. The predicted octanol–water partition coefficient (Wildman–Crippen LogP) is 1.91. The van der Waals surface area contributed by atoms with Gasteiger partial charge in [0.15, 0.2) is 0 Å². The number of hydrogen-bond acceptors (Lipinski definition) is 5. The van der Waals surface area contributed by atoms with E-state index >= 15 is 0 Å². The van der Waals surface area contributed by atoms with Crippen molar-refractivity contribution in [3.63, 3.8) is 0 Å². The summed E-state index contributed by atoms with van der Waals surface area (Å²) in [6.45, 7) is 3.77. The molecule has 0 fully saturated rings. The molecule has 2 aromatic rings. The molecule has 0 N–H and O–H groups in total. The van der Waals surface area contributed by atoms with Crippen molar-refractivity contribution in [2.45, 2.75) is 25.2 Å². The van der Waals surface area contributed by atoms with Gasteiger partial charge in [0.2, 0.25) is 26.0 Å². The summed E-state index contributed by atoms with van der Waals surface area (Å²) >= 11 is 0. The molecule has 0 atom stereocenters. The number of carbonyl (C=O) groups is 1. The van der Waals surface area contributed by atoms with Crippen LogP contribution in [0.2, 0.25) is 0 Å². The average molecular weight is 466 g/mol. The summed E-state index contributed by atoms with van der Waals surface area (Å²) in [5, 5.41) is 0. The van der Waals surface area contributed by atoms with Crippen molar-refractivity contribution >= 4 is 37.3 Å². The first-order valence-electron chi connectivity index (χ1n) is 9.72. The quantitative estimate of drug-likeness (QED) is 0.650. The van der Waals surface area contributed by atoms with Gasteiger partial charge in [0.25, 0.3) is 0 Å². The molecule has 3 rings (SSSR count). The highest BCUT2D eigenvalue weighted by Crippen LogP contribution is 2.31. The lowest BCUT2D eigenvalue weighted by Crippen LogP contribution is -2.42. The van der Waals surface area contributed by atoms with Crippen molar-refractivity contribution in [2.24, 2.45) is 0 Å². The first-order valence-corrected chi connectivity index (χ1v) is 13.0. The lowest BCUT2D eigenvalue weighted by Gasteiger charge is -2.26. The molecule has 0 spiro atoms. The monoisotopic (exact) mass is 465 g/mol. The van der Waals surface area contributed by atoms with Crippen molar-refractivity contribution in [1.29, 1.82) is 0 Å². The zero-order chi connectivity index (χ0) is 23.1. The van der Waals surface area contributed by atoms with E-state index in [-0.39, 0.29) is 17.3 Å². The Labute approximate surface area is 184 Å². The highest BCUT2D eigenvalue weighted by molar-refractivity contribution is 7.92. The molecular formula is C21H27N3O5S2. The minimum absolute atomic E-state index is 0.165. The van der Waals surface area contributed by atoms with E-state index in [9.17, 15) is 21.6 Å². The van der Waals surface area contributed by atoms with Crippen LogP contribution in [0.1, 0.15) is 16.7 Å². The van der Waals surface area contributed by atoms with Crippen LogP contribution in [0.3, 0.4) is 0 Å². The molecule has 0 saturated carbocycles. The summed E-state index contributed by atoms with van der Waals surface area (Å²) in [7, 11) is -4.34. The number of sulfonamides is 2. The molecular weight excluding hydrogens is 438 g/mol. The Hall–Kier alpha value is -2.43. The minimum Gasteiger partial charge on any atom is -0.310 e. The van der Waals surface area contributed by atoms with Gasteiger partial charge in [0.05, 0.1) is 16.8 Å². The van der Waals surface area contributed by atoms with Gasteiger partial charge in [-0.3, -0.25) is 9.10 Å². The van der Waals surface area contributed by atoms with Gasteiger partial charge in [-0.25, -0.2) is 21.1 Å². The molecule has 2 aromatic carbocycles. The SMILES string of the molecule is Cc1cc(C)cc(N(CC(=O)N2CCc3cc(S(=O)(=O)N(C)C)ccc32)S(C)(=O)=O)c1. The number of benzene rings is 2. The van der Waals surface area contributed by atoms with Gasteiger partial charge >= 0.3 is 0 Å². The maximum Gasteiger partial charge on any atom is 0.247 e. The topological polar surface area (TPSA) is 95.1 Å². The van der Waals surface area contributed by atoms with Gasteiger partial charge in [-0.2, -0.15) is 0 Å². The molecule has 1 amide bonds. The van der Waals surface area contributed by atoms with Crippen LogP contribution < -0.4 is 9.21 Å². The molecule has 8 nitrogen and oxygen atoms in total. The second-order valence-corrected chi connectivity index (χ2v) is 12.0. The van der Waals surface area contributed by atoms with E-state index in [0.717, 1.165) is 31.6 Å². The van der Waals surface area contributed by atoms with Gasteiger partial charge < -0.3 is 4.90 Å². The summed E-state index contributed by atoms with van der Waals surface area (Å²) in [6, 6.07) is 10.1. The van der Waals surface area contributed by atoms with Crippen LogP contribution in [0, 0.1) is 13.8 Å². The third-order valence-electron chi connectivity index (χ3n) is 5.20. The first kappa shape index (κ1) is 23.2. The highest BCUT2D eigenvalue weighted by atomic mass is 32.2. The Balaban J connectivity index is 1.91. The van der Waals surface area contributed by atoms with E-state index < -0.39 is 20.0 Å². The van der Waals surface area contributed by atoms with Crippen molar-refractivity contribution in [3.05, 3.63) is 53.1 Å². The van der Waals surface area contributed by atoms with Gasteiger partial charge in [-0.05, 0) is 67.3 Å². The fourth-order valence-corrected chi connectivity index (χ4v) is 5.50. The Morgan fingerprint density at radius 2 is 1.61 bits per heavy atom. The number of hydrogen-bond donors (Lipinski definition) is 0. The zero-order valence-corrected chi connectivity index (χ0v) is 19.9. The maximum atomic E-state index is 13.1. The van der Waals surface area contributed by atoms with Crippen LogP contribution in [-0.4, -0.2) is 60.5 Å². The molecule has 1 aliphatic heterocycles. The number of carbonyl (C=O) groups excluding carboxylic acids is 1. The van der Waals surface area contributed by atoms with Gasteiger partial charge in [-0.15, -0.1) is 0 Å². The van der Waals surface area contributed by atoms with E-state index in [4.69, 9.17) is 0 Å². The Morgan fingerprint density at radius 3 is 2.16 bits per heavy atom. The summed E-state index contributed by atoms with van der Waals surface area (Å²) < 4.78 is 51.9. The van der Waals surface area contributed by atoms with Crippen molar-refractivity contribution in [2.75, 3.05) is 42.6 Å². The predicted molar refractivity (Wildman–Crippen MR) is 121 cm³/mol. The van der Waals surface area contributed by atoms with Crippen LogP contribution in [-0.2, 0) is 31.3 Å². The summed E-state index contributed by atoms with van der Waals surface area (Å²) in [5.74, 6) is -0.369. The molecule has 1 heterocycles. The van der Waals surface area contributed by atoms with Crippen LogP contribution in [0.15, 0.2) is 41.3 Å². The Bertz CT molecular complexity index is 1220. The second kappa shape index (κ2) is 8.25. The lowest BCUT2D eigenvalue weighted by molar-refractivity contribution is -0.117. The molecule has 1 aliphatic rings. The molecule has 0 aromatic heterocycles. The van der Waals surface area contributed by atoms with Crippen molar-refractivity contribution < 1.29 is 21.6 Å². The van der Waals surface area contributed by atoms with E-state index in [1.54, 1.807) is 24.3 Å².